The van der Waals surface area contributed by atoms with Crippen LogP contribution in [0, 0.1) is 13.8 Å². The second-order valence-corrected chi connectivity index (χ2v) is 5.87. The lowest BCUT2D eigenvalue weighted by Crippen LogP contribution is -2.15. The number of nitrogens with zero attached hydrogens (tertiary/aromatic N) is 1. The number of carbonyl (C=O) groups is 2. The average molecular weight is 359 g/mol. The van der Waals surface area contributed by atoms with Crippen molar-refractivity contribution in [3.8, 4) is 11.5 Å². The van der Waals surface area contributed by atoms with E-state index in [2.05, 4.69) is 0 Å². The molecule has 0 amide bonds. The lowest BCUT2D eigenvalue weighted by molar-refractivity contribution is 0.0474. The summed E-state index contributed by atoms with van der Waals surface area (Å²) in [5.74, 6) is 0.241. The minimum atomic E-state index is -0.576. The zero-order chi connectivity index (χ0) is 19.3. The van der Waals surface area contributed by atoms with Gasteiger partial charge in [-0.05, 0) is 52.0 Å². The van der Waals surface area contributed by atoms with Crippen molar-refractivity contribution in [1.29, 1.82) is 0 Å². The van der Waals surface area contributed by atoms with Crippen LogP contribution in [0.4, 0.5) is 0 Å². The van der Waals surface area contributed by atoms with Gasteiger partial charge in [-0.1, -0.05) is 0 Å². The zero-order valence-electron chi connectivity index (χ0n) is 15.9. The summed E-state index contributed by atoms with van der Waals surface area (Å²) in [6.45, 7) is 8.15. The third-order valence-corrected chi connectivity index (χ3v) is 4.19. The first kappa shape index (κ1) is 19.6. The van der Waals surface area contributed by atoms with Crippen molar-refractivity contribution < 1.29 is 23.8 Å². The topological polar surface area (TPSA) is 66.8 Å². The van der Waals surface area contributed by atoms with E-state index in [1.807, 2.05) is 39.3 Å². The van der Waals surface area contributed by atoms with Crippen molar-refractivity contribution in [2.24, 2.45) is 7.05 Å². The predicted octanol–water partition coefficient (Wildman–Crippen LogP) is 3.48. The van der Waals surface area contributed by atoms with Gasteiger partial charge in [0.05, 0.1) is 18.8 Å². The molecule has 26 heavy (non-hydrogen) atoms. The predicted molar refractivity (Wildman–Crippen MR) is 98.3 cm³/mol. The van der Waals surface area contributed by atoms with Crippen LogP contribution in [0.3, 0.4) is 0 Å². The maximum Gasteiger partial charge on any atom is 0.338 e. The third-order valence-electron chi connectivity index (χ3n) is 4.19. The van der Waals surface area contributed by atoms with Crippen LogP contribution in [-0.2, 0) is 11.8 Å². The van der Waals surface area contributed by atoms with Crippen LogP contribution in [0.1, 0.15) is 46.0 Å². The fraction of sp³-hybridized carbons (Fsp3) is 0.400. The number of carbonyl (C=O) groups excluding carboxylic acids is 2. The average Bonchev–Trinajstić information content (AvgIpc) is 2.88. The van der Waals surface area contributed by atoms with Gasteiger partial charge in [0.25, 0.3) is 0 Å². The van der Waals surface area contributed by atoms with Crippen molar-refractivity contribution in [3.63, 3.8) is 0 Å². The van der Waals surface area contributed by atoms with E-state index in [0.29, 0.717) is 35.8 Å². The first-order chi connectivity index (χ1) is 12.4. The summed E-state index contributed by atoms with van der Waals surface area (Å²) in [5, 5.41) is 0. The second kappa shape index (κ2) is 8.56. The molecule has 0 N–H and O–H groups in total. The Kier molecular flexibility index (Phi) is 6.44. The SMILES string of the molecule is CCOc1ccc(C(=O)OCC(=O)c2cc(C)n(C)c2C)cc1OCC. The summed E-state index contributed by atoms with van der Waals surface area (Å²) in [6, 6.07) is 6.63. The first-order valence-electron chi connectivity index (χ1n) is 8.61. The van der Waals surface area contributed by atoms with Crippen LogP contribution >= 0.6 is 0 Å². The molecule has 0 saturated heterocycles. The Morgan fingerprint density at radius 1 is 1.00 bits per heavy atom. The number of ketones is 1. The molecular formula is C20H25NO5. The molecule has 0 radical (unpaired) electrons. The van der Waals surface area contributed by atoms with Crippen LogP contribution in [0.2, 0.25) is 0 Å². The van der Waals surface area contributed by atoms with Crippen molar-refractivity contribution in [1.82, 2.24) is 4.57 Å². The molecular weight excluding hydrogens is 334 g/mol. The van der Waals surface area contributed by atoms with Gasteiger partial charge in [-0.2, -0.15) is 0 Å². The largest absolute Gasteiger partial charge is 0.490 e. The Hall–Kier alpha value is -2.76. The van der Waals surface area contributed by atoms with Gasteiger partial charge in [-0.25, -0.2) is 4.79 Å². The Labute approximate surface area is 153 Å². The standard InChI is InChI=1S/C20H25NO5/c1-6-24-18-9-8-15(11-19(18)25-7-2)20(23)26-12-17(22)16-10-13(3)21(5)14(16)4/h8-11H,6-7,12H2,1-5H3. The molecule has 0 bridgehead atoms. The highest BCUT2D eigenvalue weighted by atomic mass is 16.5. The van der Waals surface area contributed by atoms with E-state index in [9.17, 15) is 9.59 Å². The molecule has 0 atom stereocenters. The summed E-state index contributed by atoms with van der Waals surface area (Å²) >= 11 is 0. The van der Waals surface area contributed by atoms with Gasteiger partial charge in [-0.3, -0.25) is 4.79 Å². The van der Waals surface area contributed by atoms with Gasteiger partial charge in [0, 0.05) is 24.0 Å². The van der Waals surface area contributed by atoms with Gasteiger partial charge in [0.2, 0.25) is 5.78 Å². The highest BCUT2D eigenvalue weighted by Crippen LogP contribution is 2.28. The highest BCUT2D eigenvalue weighted by molar-refractivity contribution is 6.00. The van der Waals surface area contributed by atoms with Crippen LogP contribution in [0.25, 0.3) is 0 Å². The Morgan fingerprint density at radius 2 is 1.65 bits per heavy atom. The minimum Gasteiger partial charge on any atom is -0.490 e. The molecule has 2 aromatic rings. The molecule has 0 spiro atoms. The molecule has 140 valence electrons. The molecule has 2 rings (SSSR count). The second-order valence-electron chi connectivity index (χ2n) is 5.87. The fourth-order valence-electron chi connectivity index (χ4n) is 2.61. The number of aromatic nitrogens is 1. The molecule has 0 aliphatic carbocycles. The van der Waals surface area contributed by atoms with Crippen LogP contribution < -0.4 is 9.47 Å². The van der Waals surface area contributed by atoms with Gasteiger partial charge < -0.3 is 18.8 Å². The Bertz CT molecular complexity index is 807. The molecule has 0 unspecified atom stereocenters. The van der Waals surface area contributed by atoms with Gasteiger partial charge in [0.15, 0.2) is 18.1 Å². The third kappa shape index (κ3) is 4.25. The number of hydrogen-bond acceptors (Lipinski definition) is 5. The number of hydrogen-bond donors (Lipinski definition) is 0. The quantitative estimate of drug-likeness (QED) is 0.533. The summed E-state index contributed by atoms with van der Waals surface area (Å²) in [4.78, 5) is 24.6. The maximum atomic E-state index is 12.3. The van der Waals surface area contributed by atoms with Gasteiger partial charge in [0.1, 0.15) is 0 Å². The maximum absolute atomic E-state index is 12.3. The van der Waals surface area contributed by atoms with E-state index >= 15 is 0 Å². The molecule has 6 heteroatoms. The van der Waals surface area contributed by atoms with Gasteiger partial charge in [-0.15, -0.1) is 0 Å². The zero-order valence-corrected chi connectivity index (χ0v) is 15.9. The fourth-order valence-corrected chi connectivity index (χ4v) is 2.61. The lowest BCUT2D eigenvalue weighted by atomic mass is 10.1. The first-order valence-corrected chi connectivity index (χ1v) is 8.61. The number of ether oxygens (including phenoxy) is 3. The Morgan fingerprint density at radius 3 is 2.23 bits per heavy atom. The molecule has 0 aliphatic rings. The summed E-state index contributed by atoms with van der Waals surface area (Å²) in [6.07, 6.45) is 0. The number of Topliss-reactive ketones (excluding diaryl/α,β-unsaturated/α-hetero) is 1. The molecule has 0 fully saturated rings. The molecule has 6 nitrogen and oxygen atoms in total. The molecule has 0 aliphatic heterocycles. The number of aryl methyl sites for hydroxylation is 1. The van der Waals surface area contributed by atoms with Crippen LogP contribution in [-0.4, -0.2) is 36.1 Å². The summed E-state index contributed by atoms with van der Waals surface area (Å²) in [5.41, 5.74) is 2.71. The van der Waals surface area contributed by atoms with Gasteiger partial charge >= 0.3 is 5.97 Å². The van der Waals surface area contributed by atoms with Crippen molar-refractivity contribution >= 4 is 11.8 Å². The van der Waals surface area contributed by atoms with Crippen molar-refractivity contribution in [2.45, 2.75) is 27.7 Å². The van der Waals surface area contributed by atoms with E-state index in [0.717, 1.165) is 11.4 Å². The Balaban J connectivity index is 2.08. The normalized spacial score (nSPS) is 10.5. The van der Waals surface area contributed by atoms with Crippen LogP contribution in [0.15, 0.2) is 24.3 Å². The van der Waals surface area contributed by atoms with E-state index in [1.165, 1.54) is 0 Å². The molecule has 1 aromatic heterocycles. The van der Waals surface area contributed by atoms with E-state index in [4.69, 9.17) is 14.2 Å². The highest BCUT2D eigenvalue weighted by Gasteiger charge is 2.18. The summed E-state index contributed by atoms with van der Waals surface area (Å²) < 4.78 is 18.1. The molecule has 1 heterocycles. The van der Waals surface area contributed by atoms with E-state index in [-0.39, 0.29) is 12.4 Å². The molecule has 1 aromatic carbocycles. The minimum absolute atomic E-state index is 0.226. The van der Waals surface area contributed by atoms with E-state index < -0.39 is 5.97 Å². The number of rotatable bonds is 8. The smallest absolute Gasteiger partial charge is 0.338 e. The molecule has 0 saturated carbocycles. The van der Waals surface area contributed by atoms with Crippen LogP contribution in [0.5, 0.6) is 11.5 Å². The summed E-state index contributed by atoms with van der Waals surface area (Å²) in [7, 11) is 1.89. The van der Waals surface area contributed by atoms with Crippen molar-refractivity contribution in [3.05, 3.63) is 46.8 Å². The monoisotopic (exact) mass is 359 g/mol. The lowest BCUT2D eigenvalue weighted by Gasteiger charge is -2.12. The van der Waals surface area contributed by atoms with E-state index in [1.54, 1.807) is 24.3 Å². The van der Waals surface area contributed by atoms with Crippen molar-refractivity contribution in [2.75, 3.05) is 19.8 Å². The number of benzene rings is 1. The number of esters is 1.